The summed E-state index contributed by atoms with van der Waals surface area (Å²) in [5.41, 5.74) is 3.36. The summed E-state index contributed by atoms with van der Waals surface area (Å²) in [6.45, 7) is 1.95. The molecule has 2 aromatic rings. The second-order valence-electron chi connectivity index (χ2n) is 4.92. The number of rotatable bonds is 0. The molecule has 1 unspecified atom stereocenters. The van der Waals surface area contributed by atoms with Crippen LogP contribution in [0.25, 0.3) is 5.65 Å². The molecule has 96 valence electrons. The van der Waals surface area contributed by atoms with Gasteiger partial charge in [0.15, 0.2) is 0 Å². The lowest BCUT2D eigenvalue weighted by Gasteiger charge is -2.24. The molecule has 0 spiro atoms. The second-order valence-corrected chi connectivity index (χ2v) is 4.92. The fraction of sp³-hybridized carbons (Fsp3) is 0.462. The van der Waals surface area contributed by atoms with Crippen LogP contribution in [0.1, 0.15) is 23.4 Å². The average Bonchev–Trinajstić information content (AvgIpc) is 2.63. The van der Waals surface area contributed by atoms with Crippen LogP contribution in [0.5, 0.6) is 0 Å². The Hall–Kier alpha value is -1.52. The second kappa shape index (κ2) is 3.73. The van der Waals surface area contributed by atoms with Crippen molar-refractivity contribution in [1.82, 2.24) is 9.38 Å². The lowest BCUT2D eigenvalue weighted by molar-refractivity contribution is -0.177. The molecule has 2 heterocycles. The molecule has 1 aliphatic carbocycles. The van der Waals surface area contributed by atoms with Crippen molar-refractivity contribution >= 4 is 5.65 Å². The van der Waals surface area contributed by atoms with Crippen LogP contribution in [0.2, 0.25) is 0 Å². The van der Waals surface area contributed by atoms with Crippen molar-refractivity contribution in [3.63, 3.8) is 0 Å². The predicted octanol–water partition coefficient (Wildman–Crippen LogP) is 3.31. The Balaban J connectivity index is 2.07. The van der Waals surface area contributed by atoms with Gasteiger partial charge in [0, 0.05) is 18.3 Å². The van der Waals surface area contributed by atoms with Gasteiger partial charge in [-0.25, -0.2) is 4.98 Å². The molecule has 0 aliphatic heterocycles. The summed E-state index contributed by atoms with van der Waals surface area (Å²) in [6.07, 6.45) is -1.68. The summed E-state index contributed by atoms with van der Waals surface area (Å²) in [6, 6.07) is 3.80. The first-order valence-corrected chi connectivity index (χ1v) is 5.98. The van der Waals surface area contributed by atoms with Crippen LogP contribution in [0.3, 0.4) is 0 Å². The number of hydrogen-bond acceptors (Lipinski definition) is 1. The van der Waals surface area contributed by atoms with E-state index >= 15 is 0 Å². The summed E-state index contributed by atoms with van der Waals surface area (Å²) in [5.74, 6) is -1.23. The highest BCUT2D eigenvalue weighted by Gasteiger charge is 2.42. The van der Waals surface area contributed by atoms with E-state index < -0.39 is 12.1 Å². The fourth-order valence-electron chi connectivity index (χ4n) is 2.59. The van der Waals surface area contributed by atoms with E-state index in [2.05, 4.69) is 4.98 Å². The number of alkyl halides is 3. The van der Waals surface area contributed by atoms with Crippen LogP contribution >= 0.6 is 0 Å². The first-order valence-electron chi connectivity index (χ1n) is 5.98. The molecule has 1 aliphatic rings. The van der Waals surface area contributed by atoms with Gasteiger partial charge in [-0.3, -0.25) is 0 Å². The predicted molar refractivity (Wildman–Crippen MR) is 61.5 cm³/mol. The molecule has 0 amide bonds. The lowest BCUT2D eigenvalue weighted by Crippen LogP contribution is -2.29. The van der Waals surface area contributed by atoms with Crippen LogP contribution in [0.4, 0.5) is 13.2 Å². The maximum absolute atomic E-state index is 12.8. The summed E-state index contributed by atoms with van der Waals surface area (Å²) in [7, 11) is 0. The van der Waals surface area contributed by atoms with Gasteiger partial charge < -0.3 is 4.40 Å². The Morgan fingerprint density at radius 2 is 2.17 bits per heavy atom. The highest BCUT2D eigenvalue weighted by molar-refractivity contribution is 5.46. The maximum Gasteiger partial charge on any atom is 0.392 e. The number of nitrogens with zero attached hydrogens (tertiary/aromatic N) is 2. The van der Waals surface area contributed by atoms with Crippen molar-refractivity contribution in [2.45, 2.75) is 32.4 Å². The van der Waals surface area contributed by atoms with E-state index in [-0.39, 0.29) is 12.8 Å². The van der Waals surface area contributed by atoms with Gasteiger partial charge in [-0.2, -0.15) is 13.2 Å². The van der Waals surface area contributed by atoms with Crippen molar-refractivity contribution in [2.24, 2.45) is 5.92 Å². The maximum atomic E-state index is 12.8. The highest BCUT2D eigenvalue weighted by atomic mass is 19.4. The molecule has 2 aromatic heterocycles. The van der Waals surface area contributed by atoms with E-state index in [0.717, 1.165) is 22.6 Å². The molecule has 3 rings (SSSR count). The molecule has 0 aromatic carbocycles. The molecule has 18 heavy (non-hydrogen) atoms. The number of hydrogen-bond donors (Lipinski definition) is 0. The van der Waals surface area contributed by atoms with E-state index in [9.17, 15) is 13.2 Å². The van der Waals surface area contributed by atoms with Gasteiger partial charge in [0.2, 0.25) is 0 Å². The SMILES string of the molecule is Cc1ccn2c3c(nc2c1)CCC(C(F)(F)F)C3. The Kier molecular flexibility index (Phi) is 2.40. The normalized spacial score (nSPS) is 20.1. The Labute approximate surface area is 102 Å². The lowest BCUT2D eigenvalue weighted by atomic mass is 9.89. The van der Waals surface area contributed by atoms with Gasteiger partial charge in [-0.1, -0.05) is 0 Å². The quantitative estimate of drug-likeness (QED) is 0.705. The largest absolute Gasteiger partial charge is 0.392 e. The van der Waals surface area contributed by atoms with Gasteiger partial charge in [0.25, 0.3) is 0 Å². The van der Waals surface area contributed by atoms with Crippen molar-refractivity contribution in [3.8, 4) is 0 Å². The van der Waals surface area contributed by atoms with E-state index in [4.69, 9.17) is 0 Å². The molecular formula is C13H13F3N2. The number of imidazole rings is 1. The number of fused-ring (bicyclic) bond motifs is 3. The first-order chi connectivity index (χ1) is 8.45. The topological polar surface area (TPSA) is 17.3 Å². The van der Waals surface area contributed by atoms with Crippen LogP contribution in [-0.4, -0.2) is 15.6 Å². The van der Waals surface area contributed by atoms with Gasteiger partial charge in [0.1, 0.15) is 5.65 Å². The summed E-state index contributed by atoms with van der Waals surface area (Å²) in [4.78, 5) is 4.43. The highest BCUT2D eigenvalue weighted by Crippen LogP contribution is 2.37. The zero-order chi connectivity index (χ0) is 12.9. The molecule has 0 saturated heterocycles. The van der Waals surface area contributed by atoms with Gasteiger partial charge in [-0.15, -0.1) is 0 Å². The monoisotopic (exact) mass is 254 g/mol. The third-order valence-corrected chi connectivity index (χ3v) is 3.60. The molecule has 5 heteroatoms. The first kappa shape index (κ1) is 11.6. The number of aromatic nitrogens is 2. The van der Waals surface area contributed by atoms with Crippen molar-refractivity contribution in [2.75, 3.05) is 0 Å². The molecule has 0 fully saturated rings. The molecule has 0 radical (unpaired) electrons. The Morgan fingerprint density at radius 1 is 1.39 bits per heavy atom. The van der Waals surface area contributed by atoms with Crippen LogP contribution in [0, 0.1) is 12.8 Å². The standard InChI is InChI=1S/C13H13F3N2/c1-8-4-5-18-11-7-9(13(14,15)16)2-3-10(11)17-12(18)6-8/h4-6,9H,2-3,7H2,1H3. The van der Waals surface area contributed by atoms with Crippen molar-refractivity contribution in [1.29, 1.82) is 0 Å². The molecule has 0 N–H and O–H groups in total. The van der Waals surface area contributed by atoms with E-state index in [1.807, 2.05) is 25.3 Å². The minimum Gasteiger partial charge on any atom is -0.304 e. The van der Waals surface area contributed by atoms with Gasteiger partial charge >= 0.3 is 6.18 Å². The van der Waals surface area contributed by atoms with E-state index in [1.54, 1.807) is 4.40 Å². The van der Waals surface area contributed by atoms with Crippen molar-refractivity contribution < 1.29 is 13.2 Å². The van der Waals surface area contributed by atoms with Gasteiger partial charge in [-0.05, 0) is 37.5 Å². The van der Waals surface area contributed by atoms with Crippen molar-refractivity contribution in [3.05, 3.63) is 35.3 Å². The van der Waals surface area contributed by atoms with Gasteiger partial charge in [0.05, 0.1) is 11.6 Å². The molecule has 0 saturated carbocycles. The number of aryl methyl sites for hydroxylation is 2. The molecular weight excluding hydrogens is 241 g/mol. The zero-order valence-corrected chi connectivity index (χ0v) is 9.96. The third kappa shape index (κ3) is 1.78. The van der Waals surface area contributed by atoms with Crippen LogP contribution < -0.4 is 0 Å². The van der Waals surface area contributed by atoms with Crippen LogP contribution in [-0.2, 0) is 12.8 Å². The van der Waals surface area contributed by atoms with Crippen LogP contribution in [0.15, 0.2) is 18.3 Å². The average molecular weight is 254 g/mol. The van der Waals surface area contributed by atoms with E-state index in [1.165, 1.54) is 0 Å². The Morgan fingerprint density at radius 3 is 2.89 bits per heavy atom. The molecule has 1 atom stereocenters. The fourth-order valence-corrected chi connectivity index (χ4v) is 2.59. The third-order valence-electron chi connectivity index (χ3n) is 3.60. The Bertz CT molecular complexity index is 598. The summed E-state index contributed by atoms with van der Waals surface area (Å²) in [5, 5.41) is 0. The molecule has 0 bridgehead atoms. The summed E-state index contributed by atoms with van der Waals surface area (Å²) < 4.78 is 40.1. The number of pyridine rings is 1. The van der Waals surface area contributed by atoms with E-state index in [0.29, 0.717) is 6.42 Å². The minimum atomic E-state index is -4.10. The summed E-state index contributed by atoms with van der Waals surface area (Å²) >= 11 is 0. The minimum absolute atomic E-state index is 0.0447. The molecule has 2 nitrogen and oxygen atoms in total. The number of halogens is 3. The zero-order valence-electron chi connectivity index (χ0n) is 9.96. The smallest absolute Gasteiger partial charge is 0.304 e.